The molecule has 0 saturated heterocycles. The molecule has 0 aliphatic heterocycles. The van der Waals surface area contributed by atoms with Gasteiger partial charge in [-0.25, -0.2) is 0 Å². The summed E-state index contributed by atoms with van der Waals surface area (Å²) in [4.78, 5) is 1.20. The van der Waals surface area contributed by atoms with Crippen molar-refractivity contribution >= 4 is 46.1 Å². The van der Waals surface area contributed by atoms with Crippen LogP contribution in [-0.2, 0) is 0 Å². The molecule has 0 saturated carbocycles. The van der Waals surface area contributed by atoms with Gasteiger partial charge in [-0.1, -0.05) is 34.8 Å². The molecule has 0 aliphatic rings. The van der Waals surface area contributed by atoms with E-state index in [2.05, 4.69) is 19.2 Å². The Hall–Kier alpha value is -0.250. The van der Waals surface area contributed by atoms with Gasteiger partial charge in [0, 0.05) is 27.0 Å². The Balaban J connectivity index is 2.12. The average Bonchev–Trinajstić information content (AvgIpc) is 2.79. The first kappa shape index (κ1) is 15.1. The van der Waals surface area contributed by atoms with Crippen LogP contribution in [0.1, 0.15) is 36.4 Å². The van der Waals surface area contributed by atoms with E-state index in [4.69, 9.17) is 34.8 Å². The maximum atomic E-state index is 6.21. The minimum Gasteiger partial charge on any atom is -0.303 e. The molecule has 2 unspecified atom stereocenters. The van der Waals surface area contributed by atoms with Crippen LogP contribution in [0.5, 0.6) is 0 Å². The zero-order valence-corrected chi connectivity index (χ0v) is 13.7. The summed E-state index contributed by atoms with van der Waals surface area (Å²) in [5.74, 6) is 0. The van der Waals surface area contributed by atoms with Crippen LogP contribution >= 0.6 is 46.1 Å². The Labute approximate surface area is 132 Å². The molecule has 1 nitrogen and oxygen atoms in total. The number of rotatable bonds is 4. The van der Waals surface area contributed by atoms with E-state index >= 15 is 0 Å². The fourth-order valence-corrected chi connectivity index (χ4v) is 3.49. The molecule has 0 bridgehead atoms. The number of nitrogens with one attached hydrogen (secondary N) is 1. The number of thiophene rings is 1. The van der Waals surface area contributed by atoms with Crippen LogP contribution in [0, 0.1) is 0 Å². The topological polar surface area (TPSA) is 12.0 Å². The maximum absolute atomic E-state index is 6.21. The molecule has 0 radical (unpaired) electrons. The van der Waals surface area contributed by atoms with Crippen molar-refractivity contribution < 1.29 is 0 Å². The van der Waals surface area contributed by atoms with Gasteiger partial charge in [-0.3, -0.25) is 0 Å². The van der Waals surface area contributed by atoms with Crippen molar-refractivity contribution in [3.63, 3.8) is 0 Å². The van der Waals surface area contributed by atoms with Gasteiger partial charge >= 0.3 is 0 Å². The van der Waals surface area contributed by atoms with Gasteiger partial charge in [0.2, 0.25) is 0 Å². The highest BCUT2D eigenvalue weighted by Gasteiger charge is 2.15. The zero-order valence-electron chi connectivity index (χ0n) is 10.6. The first-order chi connectivity index (χ1) is 8.97. The number of hydrogen-bond donors (Lipinski definition) is 1. The van der Waals surface area contributed by atoms with E-state index < -0.39 is 0 Å². The Morgan fingerprint density at radius 3 is 2.37 bits per heavy atom. The molecular weight excluding hydrogens is 321 g/mol. The van der Waals surface area contributed by atoms with Crippen LogP contribution < -0.4 is 5.32 Å². The Morgan fingerprint density at radius 2 is 1.74 bits per heavy atom. The van der Waals surface area contributed by atoms with Crippen molar-refractivity contribution in [2.24, 2.45) is 0 Å². The lowest BCUT2D eigenvalue weighted by molar-refractivity contribution is 0.500. The molecule has 5 heteroatoms. The van der Waals surface area contributed by atoms with Crippen LogP contribution in [0.25, 0.3) is 0 Å². The average molecular weight is 335 g/mol. The molecule has 102 valence electrons. The van der Waals surface area contributed by atoms with Crippen molar-refractivity contribution in [3.8, 4) is 0 Å². The fourth-order valence-electron chi connectivity index (χ4n) is 1.95. The van der Waals surface area contributed by atoms with Gasteiger partial charge in [0.15, 0.2) is 0 Å². The molecule has 0 amide bonds. The summed E-state index contributed by atoms with van der Waals surface area (Å²) in [7, 11) is 0. The second kappa shape index (κ2) is 6.47. The van der Waals surface area contributed by atoms with Crippen molar-refractivity contribution in [3.05, 3.63) is 55.2 Å². The van der Waals surface area contributed by atoms with Gasteiger partial charge in [-0.2, -0.15) is 0 Å². The molecule has 1 N–H and O–H groups in total. The second-order valence-electron chi connectivity index (χ2n) is 4.42. The quantitative estimate of drug-likeness (QED) is 0.710. The highest BCUT2D eigenvalue weighted by molar-refractivity contribution is 7.16. The maximum Gasteiger partial charge on any atom is 0.0931 e. The third-order valence-electron chi connectivity index (χ3n) is 2.95. The lowest BCUT2D eigenvalue weighted by Gasteiger charge is -2.20. The summed E-state index contributed by atoms with van der Waals surface area (Å²) >= 11 is 19.8. The normalized spacial score (nSPS) is 14.4. The van der Waals surface area contributed by atoms with Crippen LogP contribution in [0.4, 0.5) is 0 Å². The number of halogens is 3. The lowest BCUT2D eigenvalue weighted by atomic mass is 10.1. The largest absolute Gasteiger partial charge is 0.303 e. The summed E-state index contributed by atoms with van der Waals surface area (Å²) in [5, 5.41) is 4.92. The highest BCUT2D eigenvalue weighted by Crippen LogP contribution is 2.31. The summed E-state index contributed by atoms with van der Waals surface area (Å²) in [6, 6.07) is 9.79. The van der Waals surface area contributed by atoms with Crippen molar-refractivity contribution in [2.45, 2.75) is 25.9 Å². The molecule has 0 fully saturated rings. The predicted octanol–water partition coefficient (Wildman–Crippen LogP) is 6.12. The monoisotopic (exact) mass is 333 g/mol. The smallest absolute Gasteiger partial charge is 0.0931 e. The first-order valence-corrected chi connectivity index (χ1v) is 7.88. The first-order valence-electron chi connectivity index (χ1n) is 5.93. The summed E-state index contributed by atoms with van der Waals surface area (Å²) in [6.07, 6.45) is 0. The Morgan fingerprint density at radius 1 is 1.00 bits per heavy atom. The molecule has 1 aromatic carbocycles. The molecule has 1 aromatic heterocycles. The van der Waals surface area contributed by atoms with E-state index in [1.165, 1.54) is 4.88 Å². The molecule has 2 atom stereocenters. The van der Waals surface area contributed by atoms with Gasteiger partial charge in [0.05, 0.1) is 4.34 Å². The zero-order chi connectivity index (χ0) is 14.0. The summed E-state index contributed by atoms with van der Waals surface area (Å²) < 4.78 is 0.803. The fraction of sp³-hybridized carbons (Fsp3) is 0.286. The molecule has 0 aliphatic carbocycles. The van der Waals surface area contributed by atoms with Gasteiger partial charge in [-0.15, -0.1) is 11.3 Å². The molecule has 19 heavy (non-hydrogen) atoms. The van der Waals surface area contributed by atoms with Crippen molar-refractivity contribution in [1.29, 1.82) is 0 Å². The lowest BCUT2D eigenvalue weighted by Crippen LogP contribution is -2.22. The van der Waals surface area contributed by atoms with Gasteiger partial charge in [0.1, 0.15) is 0 Å². The summed E-state index contributed by atoms with van der Waals surface area (Å²) in [6.45, 7) is 4.18. The predicted molar refractivity (Wildman–Crippen MR) is 85.8 cm³/mol. The third-order valence-corrected chi connectivity index (χ3v) is 4.94. The van der Waals surface area contributed by atoms with E-state index in [-0.39, 0.29) is 12.1 Å². The summed E-state index contributed by atoms with van der Waals surface area (Å²) in [5.41, 5.74) is 1.00. The van der Waals surface area contributed by atoms with Gasteiger partial charge in [-0.05, 0) is 49.7 Å². The van der Waals surface area contributed by atoms with E-state index in [1.807, 2.05) is 24.3 Å². The van der Waals surface area contributed by atoms with E-state index in [9.17, 15) is 0 Å². The SMILES string of the molecule is CC(NC(C)c1cc(Cl)ccc1Cl)c1ccc(Cl)s1. The van der Waals surface area contributed by atoms with Gasteiger partial charge < -0.3 is 5.32 Å². The van der Waals surface area contributed by atoms with Crippen LogP contribution in [0.15, 0.2) is 30.3 Å². The minimum atomic E-state index is 0.113. The third kappa shape index (κ3) is 3.87. The highest BCUT2D eigenvalue weighted by atomic mass is 35.5. The number of hydrogen-bond acceptors (Lipinski definition) is 2. The second-order valence-corrected chi connectivity index (χ2v) is 7.01. The van der Waals surface area contributed by atoms with Crippen molar-refractivity contribution in [2.75, 3.05) is 0 Å². The van der Waals surface area contributed by atoms with E-state index in [0.717, 1.165) is 14.9 Å². The number of benzene rings is 1. The van der Waals surface area contributed by atoms with Crippen molar-refractivity contribution in [1.82, 2.24) is 5.32 Å². The molecule has 2 aromatic rings. The van der Waals surface area contributed by atoms with Crippen LogP contribution in [0.3, 0.4) is 0 Å². The molecule has 2 rings (SSSR count). The van der Waals surface area contributed by atoms with Crippen LogP contribution in [-0.4, -0.2) is 0 Å². The Bertz CT molecular complexity index is 568. The van der Waals surface area contributed by atoms with E-state index in [1.54, 1.807) is 17.4 Å². The Kier molecular flexibility index (Phi) is 5.15. The minimum absolute atomic E-state index is 0.113. The van der Waals surface area contributed by atoms with Gasteiger partial charge in [0.25, 0.3) is 0 Å². The molecule has 1 heterocycles. The molecular formula is C14H14Cl3NS. The van der Waals surface area contributed by atoms with E-state index in [0.29, 0.717) is 5.02 Å². The standard InChI is InChI=1S/C14H14Cl3NS/c1-8(11-7-10(15)3-4-12(11)16)18-9(2)13-5-6-14(17)19-13/h3-9,18H,1-2H3. The van der Waals surface area contributed by atoms with Crippen LogP contribution in [0.2, 0.25) is 14.4 Å². The molecule has 0 spiro atoms.